The molecule has 19 heavy (non-hydrogen) atoms. The van der Waals surface area contributed by atoms with Crippen LogP contribution in [0.1, 0.15) is 47.5 Å². The molecule has 1 heterocycles. The summed E-state index contributed by atoms with van der Waals surface area (Å²) in [6.07, 6.45) is 0.821. The Hall–Kier alpha value is -0.290. The Morgan fingerprint density at radius 2 is 2.11 bits per heavy atom. The molecule has 112 valence electrons. The number of ether oxygens (including phenoxy) is 1. The van der Waals surface area contributed by atoms with Gasteiger partial charge in [0.05, 0.1) is 18.2 Å². The van der Waals surface area contributed by atoms with Crippen molar-refractivity contribution in [3.8, 4) is 0 Å². The van der Waals surface area contributed by atoms with Gasteiger partial charge in [0.2, 0.25) is 0 Å². The summed E-state index contributed by atoms with van der Waals surface area (Å²) in [5.41, 5.74) is -0.538. The molecule has 1 rings (SSSR count). The highest BCUT2D eigenvalue weighted by Gasteiger charge is 2.51. The average Bonchev–Trinajstić information content (AvgIpc) is 2.23. The van der Waals surface area contributed by atoms with Gasteiger partial charge in [0, 0.05) is 11.4 Å². The molecule has 0 aromatic carbocycles. The summed E-state index contributed by atoms with van der Waals surface area (Å²) in [4.78, 5) is 13.3. The van der Waals surface area contributed by atoms with E-state index in [0.29, 0.717) is 6.61 Å². The Morgan fingerprint density at radius 1 is 1.53 bits per heavy atom. The van der Waals surface area contributed by atoms with Crippen molar-refractivity contribution in [3.63, 3.8) is 0 Å². The Kier molecular flexibility index (Phi) is 5.29. The van der Waals surface area contributed by atoms with Crippen molar-refractivity contribution in [2.75, 3.05) is 11.9 Å². The predicted octanol–water partition coefficient (Wildman–Crippen LogP) is 3.73. The van der Waals surface area contributed by atoms with Gasteiger partial charge in [-0.3, -0.25) is 4.90 Å². The monoisotopic (exact) mass is 335 g/mol. The van der Waals surface area contributed by atoms with Crippen LogP contribution in [-0.4, -0.2) is 45.7 Å². The van der Waals surface area contributed by atoms with Crippen LogP contribution >= 0.6 is 15.9 Å². The van der Waals surface area contributed by atoms with Crippen molar-refractivity contribution in [2.24, 2.45) is 5.41 Å². The van der Waals surface area contributed by atoms with Crippen LogP contribution in [0.4, 0.5) is 4.79 Å². The van der Waals surface area contributed by atoms with Crippen molar-refractivity contribution in [1.82, 2.24) is 4.90 Å². The topological polar surface area (TPSA) is 49.8 Å². The van der Waals surface area contributed by atoms with Gasteiger partial charge in [0.25, 0.3) is 0 Å². The van der Waals surface area contributed by atoms with Gasteiger partial charge in [-0.05, 0) is 32.1 Å². The fourth-order valence-corrected chi connectivity index (χ4v) is 3.19. The number of carbonyl (C=O) groups is 1. The Morgan fingerprint density at radius 3 is 2.53 bits per heavy atom. The highest BCUT2D eigenvalue weighted by molar-refractivity contribution is 9.09. The number of piperidine rings is 1. The molecule has 1 fully saturated rings. The van der Waals surface area contributed by atoms with E-state index >= 15 is 0 Å². The number of hydrogen-bond acceptors (Lipinski definition) is 2. The second kappa shape index (κ2) is 6.00. The molecule has 1 aliphatic heterocycles. The number of likely N-dealkylation sites (tertiary alicyclic amines) is 1. The molecule has 5 heteroatoms. The van der Waals surface area contributed by atoms with Crippen molar-refractivity contribution < 1.29 is 14.6 Å². The summed E-state index contributed by atoms with van der Waals surface area (Å²) in [6.45, 7) is 11.0. The molecule has 1 aliphatic rings. The highest BCUT2D eigenvalue weighted by Crippen LogP contribution is 2.45. The zero-order chi connectivity index (χ0) is 14.8. The first-order valence-corrected chi connectivity index (χ1v) is 7.95. The van der Waals surface area contributed by atoms with Crippen molar-refractivity contribution in [1.29, 1.82) is 0 Å². The maximum absolute atomic E-state index is 11.6. The van der Waals surface area contributed by atoms with Gasteiger partial charge in [-0.2, -0.15) is 0 Å². The van der Waals surface area contributed by atoms with Crippen LogP contribution in [0.2, 0.25) is 0 Å². The summed E-state index contributed by atoms with van der Waals surface area (Å²) in [5, 5.41) is 10.4. The van der Waals surface area contributed by atoms with Crippen LogP contribution in [-0.2, 0) is 4.74 Å². The molecule has 1 amide bonds. The molecule has 0 saturated carbocycles. The number of halogens is 1. The van der Waals surface area contributed by atoms with Crippen LogP contribution in [0.25, 0.3) is 0 Å². The van der Waals surface area contributed by atoms with Crippen LogP contribution in [0.3, 0.4) is 0 Å². The number of carboxylic acid groups (broad SMARTS) is 1. The number of nitrogens with zero attached hydrogens (tertiary/aromatic N) is 1. The smallest absolute Gasteiger partial charge is 0.408 e. The lowest BCUT2D eigenvalue weighted by molar-refractivity contribution is -0.0979. The zero-order valence-corrected chi connectivity index (χ0v) is 14.2. The summed E-state index contributed by atoms with van der Waals surface area (Å²) in [7, 11) is 0. The summed E-state index contributed by atoms with van der Waals surface area (Å²) >= 11 is 3.36. The predicted molar refractivity (Wildman–Crippen MR) is 80.0 cm³/mol. The molecule has 0 aromatic rings. The van der Waals surface area contributed by atoms with Crippen LogP contribution < -0.4 is 0 Å². The zero-order valence-electron chi connectivity index (χ0n) is 12.6. The first-order valence-electron chi connectivity index (χ1n) is 6.83. The normalized spacial score (nSPS) is 32.4. The molecule has 0 bridgehead atoms. The minimum Gasteiger partial charge on any atom is -0.465 e. The van der Waals surface area contributed by atoms with Gasteiger partial charge in [-0.25, -0.2) is 4.79 Å². The third-order valence-electron chi connectivity index (χ3n) is 4.45. The second-order valence-corrected chi connectivity index (χ2v) is 7.44. The maximum atomic E-state index is 11.6. The van der Waals surface area contributed by atoms with Crippen LogP contribution in [0.5, 0.6) is 0 Å². The van der Waals surface area contributed by atoms with Crippen LogP contribution in [0, 0.1) is 5.41 Å². The van der Waals surface area contributed by atoms with E-state index in [0.717, 1.165) is 18.2 Å². The molecular weight excluding hydrogens is 310 g/mol. The van der Waals surface area contributed by atoms with Gasteiger partial charge >= 0.3 is 6.09 Å². The number of rotatable bonds is 3. The SMILES string of the molecule is C[C@@H]1CC(OCCBr)C[C@@](C)(C(C)(C)C)N1C(=O)O. The first kappa shape index (κ1) is 16.8. The molecule has 1 unspecified atom stereocenters. The minimum atomic E-state index is -0.830. The van der Waals surface area contributed by atoms with E-state index in [1.165, 1.54) is 0 Å². The van der Waals surface area contributed by atoms with E-state index in [4.69, 9.17) is 4.74 Å². The summed E-state index contributed by atoms with van der Waals surface area (Å²) in [5.74, 6) is 0. The summed E-state index contributed by atoms with van der Waals surface area (Å²) < 4.78 is 5.85. The lowest BCUT2D eigenvalue weighted by atomic mass is 9.67. The van der Waals surface area contributed by atoms with E-state index in [9.17, 15) is 9.90 Å². The van der Waals surface area contributed by atoms with E-state index in [1.54, 1.807) is 4.90 Å². The minimum absolute atomic E-state index is 0.0178. The van der Waals surface area contributed by atoms with Crippen molar-refractivity contribution in [2.45, 2.75) is 65.1 Å². The molecule has 3 atom stereocenters. The fraction of sp³-hybridized carbons (Fsp3) is 0.929. The third-order valence-corrected chi connectivity index (χ3v) is 4.78. The van der Waals surface area contributed by atoms with E-state index in [1.807, 2.05) is 13.8 Å². The second-order valence-electron chi connectivity index (χ2n) is 6.65. The standard InChI is InChI=1S/C14H26BrNO3/c1-10-8-11(19-7-6-15)9-14(5,13(2,3)4)16(10)12(17)18/h10-11H,6-9H2,1-5H3,(H,17,18)/t10-,11?,14+/m1/s1. The van der Waals surface area contributed by atoms with E-state index < -0.39 is 11.6 Å². The molecule has 4 nitrogen and oxygen atoms in total. The quantitative estimate of drug-likeness (QED) is 0.799. The summed E-state index contributed by atoms with van der Waals surface area (Å²) in [6, 6.07) is -0.0178. The molecule has 0 radical (unpaired) electrons. The van der Waals surface area contributed by atoms with Gasteiger partial charge in [0.15, 0.2) is 0 Å². The van der Waals surface area contributed by atoms with Gasteiger partial charge < -0.3 is 9.84 Å². The van der Waals surface area contributed by atoms with Gasteiger partial charge in [-0.15, -0.1) is 0 Å². The fourth-order valence-electron chi connectivity index (χ4n) is 3.00. The number of alkyl halides is 1. The largest absolute Gasteiger partial charge is 0.465 e. The lowest BCUT2D eigenvalue weighted by Gasteiger charge is -2.56. The van der Waals surface area contributed by atoms with E-state index in [2.05, 4.69) is 36.7 Å². The molecular formula is C14H26BrNO3. The number of amides is 1. The molecule has 0 aromatic heterocycles. The lowest BCUT2D eigenvalue weighted by Crippen LogP contribution is -2.65. The Balaban J connectivity index is 3.01. The Bertz CT molecular complexity index is 329. The molecule has 0 spiro atoms. The van der Waals surface area contributed by atoms with Crippen molar-refractivity contribution >= 4 is 22.0 Å². The number of hydrogen-bond donors (Lipinski definition) is 1. The molecule has 1 N–H and O–H groups in total. The first-order chi connectivity index (χ1) is 8.63. The van der Waals surface area contributed by atoms with Gasteiger partial charge in [-0.1, -0.05) is 36.7 Å². The van der Waals surface area contributed by atoms with Gasteiger partial charge in [0.1, 0.15) is 0 Å². The molecule has 0 aliphatic carbocycles. The highest BCUT2D eigenvalue weighted by atomic mass is 79.9. The third kappa shape index (κ3) is 3.43. The average molecular weight is 336 g/mol. The van der Waals surface area contributed by atoms with E-state index in [-0.39, 0.29) is 17.6 Å². The maximum Gasteiger partial charge on any atom is 0.408 e. The Labute approximate surface area is 124 Å². The molecule has 1 saturated heterocycles. The van der Waals surface area contributed by atoms with Crippen molar-refractivity contribution in [3.05, 3.63) is 0 Å². The van der Waals surface area contributed by atoms with Crippen LogP contribution in [0.15, 0.2) is 0 Å².